The minimum atomic E-state index is -4.46. The minimum absolute atomic E-state index is 0.224. The number of halogens is 4. The third kappa shape index (κ3) is 3.85. The summed E-state index contributed by atoms with van der Waals surface area (Å²) >= 11 is 0. The molecule has 1 aromatic rings. The van der Waals surface area contributed by atoms with E-state index in [1.54, 1.807) is 6.07 Å². The first-order valence-electron chi connectivity index (χ1n) is 6.56. The zero-order valence-corrected chi connectivity index (χ0v) is 11.1. The van der Waals surface area contributed by atoms with Crippen LogP contribution >= 0.6 is 0 Å². The topological polar surface area (TPSA) is 21.3 Å². The van der Waals surface area contributed by atoms with Crippen LogP contribution in [0.1, 0.15) is 24.8 Å². The first-order valence-corrected chi connectivity index (χ1v) is 6.56. The third-order valence-corrected chi connectivity index (χ3v) is 3.56. The Balaban J connectivity index is 2.09. The molecule has 2 atom stereocenters. The molecule has 0 bridgehead atoms. The molecule has 2 unspecified atom stereocenters. The molecule has 1 saturated heterocycles. The number of hydrogen-bond acceptors (Lipinski definition) is 2. The van der Waals surface area contributed by atoms with Crippen LogP contribution in [0.2, 0.25) is 0 Å². The standard InChI is InChI=1S/C14H17F4NO/c1-9-7-19-5-4-11(9)10-2-3-13(12(15)6-10)20-8-14(16,17)18/h2-3,6,9,11,19H,4-5,7-8H2,1H3. The summed E-state index contributed by atoms with van der Waals surface area (Å²) in [6.07, 6.45) is -3.57. The molecule has 0 aromatic heterocycles. The first-order chi connectivity index (χ1) is 9.37. The number of piperidine rings is 1. The van der Waals surface area contributed by atoms with Crippen molar-refractivity contribution < 1.29 is 22.3 Å². The molecular weight excluding hydrogens is 274 g/mol. The highest BCUT2D eigenvalue weighted by molar-refractivity contribution is 5.32. The minimum Gasteiger partial charge on any atom is -0.481 e. The fourth-order valence-corrected chi connectivity index (χ4v) is 2.53. The van der Waals surface area contributed by atoms with Crippen molar-refractivity contribution in [1.82, 2.24) is 5.32 Å². The van der Waals surface area contributed by atoms with E-state index in [1.807, 2.05) is 0 Å². The Morgan fingerprint density at radius 1 is 1.35 bits per heavy atom. The van der Waals surface area contributed by atoms with Gasteiger partial charge in [0.15, 0.2) is 18.2 Å². The predicted octanol–water partition coefficient (Wildman–Crippen LogP) is 3.48. The fraction of sp³-hybridized carbons (Fsp3) is 0.571. The Morgan fingerprint density at radius 2 is 2.10 bits per heavy atom. The molecule has 2 nitrogen and oxygen atoms in total. The highest BCUT2D eigenvalue weighted by Crippen LogP contribution is 2.32. The van der Waals surface area contributed by atoms with Crippen molar-refractivity contribution in [2.75, 3.05) is 19.7 Å². The fourth-order valence-electron chi connectivity index (χ4n) is 2.53. The highest BCUT2D eigenvalue weighted by Gasteiger charge is 2.29. The molecule has 0 amide bonds. The molecule has 0 saturated carbocycles. The van der Waals surface area contributed by atoms with Gasteiger partial charge in [-0.2, -0.15) is 13.2 Å². The summed E-state index contributed by atoms with van der Waals surface area (Å²) in [5.41, 5.74) is 0.816. The molecule has 1 heterocycles. The van der Waals surface area contributed by atoms with E-state index in [2.05, 4.69) is 17.0 Å². The highest BCUT2D eigenvalue weighted by atomic mass is 19.4. The lowest BCUT2D eigenvalue weighted by molar-refractivity contribution is -0.153. The Labute approximate surface area is 115 Å². The van der Waals surface area contributed by atoms with E-state index in [-0.39, 0.29) is 11.7 Å². The van der Waals surface area contributed by atoms with Crippen molar-refractivity contribution in [1.29, 1.82) is 0 Å². The lowest BCUT2D eigenvalue weighted by Gasteiger charge is -2.30. The summed E-state index contributed by atoms with van der Waals surface area (Å²) in [6, 6.07) is 4.23. The van der Waals surface area contributed by atoms with Crippen LogP contribution in [0.4, 0.5) is 17.6 Å². The van der Waals surface area contributed by atoms with Crippen LogP contribution in [-0.2, 0) is 0 Å². The zero-order chi connectivity index (χ0) is 14.8. The number of benzene rings is 1. The quantitative estimate of drug-likeness (QED) is 0.861. The molecule has 0 spiro atoms. The summed E-state index contributed by atoms with van der Waals surface area (Å²) in [5.74, 6) is -0.502. The van der Waals surface area contributed by atoms with Crippen molar-refractivity contribution in [3.63, 3.8) is 0 Å². The van der Waals surface area contributed by atoms with Gasteiger partial charge in [-0.05, 0) is 49.0 Å². The largest absolute Gasteiger partial charge is 0.481 e. The number of rotatable bonds is 3. The van der Waals surface area contributed by atoms with Crippen LogP contribution in [0.25, 0.3) is 0 Å². The monoisotopic (exact) mass is 291 g/mol. The molecule has 112 valence electrons. The van der Waals surface area contributed by atoms with E-state index in [4.69, 9.17) is 0 Å². The van der Waals surface area contributed by atoms with Gasteiger partial charge in [0, 0.05) is 0 Å². The van der Waals surface area contributed by atoms with Gasteiger partial charge in [-0.3, -0.25) is 0 Å². The maximum Gasteiger partial charge on any atom is 0.422 e. The maximum atomic E-state index is 13.8. The van der Waals surface area contributed by atoms with Gasteiger partial charge >= 0.3 is 6.18 Å². The smallest absolute Gasteiger partial charge is 0.422 e. The van der Waals surface area contributed by atoms with Crippen molar-refractivity contribution in [3.05, 3.63) is 29.6 Å². The zero-order valence-electron chi connectivity index (χ0n) is 11.1. The molecule has 20 heavy (non-hydrogen) atoms. The lowest BCUT2D eigenvalue weighted by Crippen LogP contribution is -2.33. The SMILES string of the molecule is CC1CNCCC1c1ccc(OCC(F)(F)F)c(F)c1. The van der Waals surface area contributed by atoms with E-state index in [0.717, 1.165) is 25.1 Å². The molecule has 1 aliphatic rings. The first kappa shape index (κ1) is 15.1. The summed E-state index contributed by atoms with van der Waals surface area (Å²) in [7, 11) is 0. The van der Waals surface area contributed by atoms with Gasteiger partial charge in [0.25, 0.3) is 0 Å². The van der Waals surface area contributed by atoms with Crippen molar-refractivity contribution >= 4 is 0 Å². The van der Waals surface area contributed by atoms with Gasteiger partial charge in [0.1, 0.15) is 0 Å². The maximum absolute atomic E-state index is 13.8. The predicted molar refractivity (Wildman–Crippen MR) is 67.3 cm³/mol. The molecule has 6 heteroatoms. The van der Waals surface area contributed by atoms with Crippen molar-refractivity contribution in [3.8, 4) is 5.75 Å². The van der Waals surface area contributed by atoms with E-state index < -0.39 is 18.6 Å². The van der Waals surface area contributed by atoms with Crippen LogP contribution in [-0.4, -0.2) is 25.9 Å². The summed E-state index contributed by atoms with van der Waals surface area (Å²) < 4.78 is 54.4. The van der Waals surface area contributed by atoms with Crippen LogP contribution in [0.5, 0.6) is 5.75 Å². The summed E-state index contributed by atoms with van der Waals surface area (Å²) in [5, 5.41) is 3.25. The normalized spacial score (nSPS) is 23.6. The van der Waals surface area contributed by atoms with Crippen LogP contribution in [0.15, 0.2) is 18.2 Å². The Hall–Kier alpha value is -1.30. The average molecular weight is 291 g/mol. The Kier molecular flexibility index (Phi) is 4.52. The van der Waals surface area contributed by atoms with E-state index in [0.29, 0.717) is 5.92 Å². The van der Waals surface area contributed by atoms with Crippen LogP contribution in [0.3, 0.4) is 0 Å². The summed E-state index contributed by atoms with van der Waals surface area (Å²) in [6.45, 7) is 2.32. The van der Waals surface area contributed by atoms with E-state index in [9.17, 15) is 17.6 Å². The van der Waals surface area contributed by atoms with Crippen LogP contribution < -0.4 is 10.1 Å². The molecule has 1 N–H and O–H groups in total. The molecular formula is C14H17F4NO. The Bertz CT molecular complexity index is 461. The van der Waals surface area contributed by atoms with Gasteiger partial charge in [-0.25, -0.2) is 4.39 Å². The van der Waals surface area contributed by atoms with Gasteiger partial charge in [-0.1, -0.05) is 13.0 Å². The third-order valence-electron chi connectivity index (χ3n) is 3.56. The van der Waals surface area contributed by atoms with Crippen molar-refractivity contribution in [2.24, 2.45) is 5.92 Å². The van der Waals surface area contributed by atoms with E-state index in [1.165, 1.54) is 12.1 Å². The van der Waals surface area contributed by atoms with Crippen molar-refractivity contribution in [2.45, 2.75) is 25.4 Å². The average Bonchev–Trinajstić information content (AvgIpc) is 2.37. The lowest BCUT2D eigenvalue weighted by atomic mass is 9.82. The number of ether oxygens (including phenoxy) is 1. The second-order valence-electron chi connectivity index (χ2n) is 5.17. The number of nitrogens with one attached hydrogen (secondary N) is 1. The van der Waals surface area contributed by atoms with Crippen LogP contribution in [0, 0.1) is 11.7 Å². The summed E-state index contributed by atoms with van der Waals surface area (Å²) in [4.78, 5) is 0. The molecule has 0 aliphatic carbocycles. The molecule has 2 rings (SSSR count). The van der Waals surface area contributed by atoms with E-state index >= 15 is 0 Å². The second-order valence-corrected chi connectivity index (χ2v) is 5.17. The van der Waals surface area contributed by atoms with Gasteiger partial charge < -0.3 is 10.1 Å². The number of alkyl halides is 3. The van der Waals surface area contributed by atoms with Gasteiger partial charge in [0.05, 0.1) is 0 Å². The second kappa shape index (κ2) is 5.99. The Morgan fingerprint density at radius 3 is 2.70 bits per heavy atom. The van der Waals surface area contributed by atoms with Gasteiger partial charge in [0.2, 0.25) is 0 Å². The van der Waals surface area contributed by atoms with Gasteiger partial charge in [-0.15, -0.1) is 0 Å². The molecule has 1 aliphatic heterocycles. The molecule has 1 aromatic carbocycles. The molecule has 1 fully saturated rings. The molecule has 0 radical (unpaired) electrons. The number of hydrogen-bond donors (Lipinski definition) is 1.